The predicted molar refractivity (Wildman–Crippen MR) is 113 cm³/mol. The van der Waals surface area contributed by atoms with Crippen molar-refractivity contribution < 1.29 is 27.9 Å². The Morgan fingerprint density at radius 3 is 2.12 bits per heavy atom. The van der Waals surface area contributed by atoms with Gasteiger partial charge in [-0.3, -0.25) is 4.98 Å². The molecule has 1 unspecified atom stereocenters. The summed E-state index contributed by atoms with van der Waals surface area (Å²) in [4.78, 5) is 10.5. The van der Waals surface area contributed by atoms with Crippen LogP contribution >= 0.6 is 0 Å². The highest BCUT2D eigenvalue weighted by Gasteiger charge is 2.55. The van der Waals surface area contributed by atoms with E-state index in [1.54, 1.807) is 6.07 Å². The Labute approximate surface area is 188 Å². The summed E-state index contributed by atoms with van der Waals surface area (Å²) < 4.78 is 44.5. The van der Waals surface area contributed by atoms with E-state index in [0.29, 0.717) is 29.8 Å². The average Bonchev–Trinajstić information content (AvgIpc) is 3.22. The number of hydrogen-bond donors (Lipinski definition) is 2. The second kappa shape index (κ2) is 7.61. The Morgan fingerprint density at radius 2 is 1.61 bits per heavy atom. The third kappa shape index (κ3) is 4.03. The van der Waals surface area contributed by atoms with E-state index in [1.165, 1.54) is 38.4 Å². The van der Waals surface area contributed by atoms with E-state index < -0.39 is 28.4 Å². The van der Waals surface area contributed by atoms with Gasteiger partial charge in [0.1, 0.15) is 11.2 Å². The zero-order chi connectivity index (χ0) is 24.2. The molecule has 7 nitrogen and oxygen atoms in total. The SMILES string of the molecule is CN1CC(C)(C(O)(c2ccc(C(F)(F)F)cc2)c2cncc(-c3noc(C(C)(C)O)n3)c2)C1. The molecule has 0 radical (unpaired) electrons. The second-order valence-corrected chi connectivity index (χ2v) is 9.46. The van der Waals surface area contributed by atoms with Crippen molar-refractivity contribution in [2.24, 2.45) is 5.41 Å². The van der Waals surface area contributed by atoms with Crippen LogP contribution in [0.25, 0.3) is 11.4 Å². The Balaban J connectivity index is 1.81. The summed E-state index contributed by atoms with van der Waals surface area (Å²) >= 11 is 0. The van der Waals surface area contributed by atoms with Gasteiger partial charge in [0.25, 0.3) is 5.89 Å². The molecule has 1 aromatic carbocycles. The predicted octanol–water partition coefficient (Wildman–Crippen LogP) is 3.57. The smallest absolute Gasteiger partial charge is 0.381 e. The van der Waals surface area contributed by atoms with Gasteiger partial charge in [0.15, 0.2) is 0 Å². The lowest BCUT2D eigenvalue weighted by molar-refractivity contribution is -0.138. The van der Waals surface area contributed by atoms with Crippen LogP contribution in [0.4, 0.5) is 13.2 Å². The van der Waals surface area contributed by atoms with Crippen molar-refractivity contribution in [1.29, 1.82) is 0 Å². The Morgan fingerprint density at radius 1 is 1.00 bits per heavy atom. The molecule has 0 saturated carbocycles. The molecule has 33 heavy (non-hydrogen) atoms. The molecule has 0 aliphatic carbocycles. The van der Waals surface area contributed by atoms with Gasteiger partial charge in [-0.25, -0.2) is 0 Å². The first kappa shape index (κ1) is 23.3. The standard InChI is InChI=1S/C23H25F3N4O3/c1-20(2,31)19-28-18(29-33-19)14-9-17(11-27-10-14)22(32,21(3)12-30(4)13-21)15-5-7-16(8-6-15)23(24,25)26/h5-11,31-32H,12-13H2,1-4H3. The molecular weight excluding hydrogens is 437 g/mol. The maximum atomic E-state index is 13.1. The minimum atomic E-state index is -4.48. The summed E-state index contributed by atoms with van der Waals surface area (Å²) in [6.45, 7) is 5.96. The minimum Gasteiger partial charge on any atom is -0.381 e. The molecule has 1 aliphatic rings. The lowest BCUT2D eigenvalue weighted by atomic mass is 9.62. The Hall–Kier alpha value is -2.82. The van der Waals surface area contributed by atoms with Gasteiger partial charge in [-0.2, -0.15) is 18.2 Å². The highest BCUT2D eigenvalue weighted by Crippen LogP contribution is 2.50. The summed E-state index contributed by atoms with van der Waals surface area (Å²) in [5.74, 6) is 0.195. The number of aromatic nitrogens is 3. The van der Waals surface area contributed by atoms with Crippen molar-refractivity contribution in [2.75, 3.05) is 20.1 Å². The van der Waals surface area contributed by atoms with E-state index >= 15 is 0 Å². The highest BCUT2D eigenvalue weighted by molar-refractivity contribution is 5.56. The van der Waals surface area contributed by atoms with Gasteiger partial charge >= 0.3 is 6.18 Å². The van der Waals surface area contributed by atoms with Crippen LogP contribution in [0.1, 0.15) is 43.4 Å². The summed E-state index contributed by atoms with van der Waals surface area (Å²) in [6.07, 6.45) is -1.50. The van der Waals surface area contributed by atoms with E-state index in [1.807, 2.05) is 18.9 Å². The van der Waals surface area contributed by atoms with Crippen LogP contribution in [0, 0.1) is 5.41 Å². The van der Waals surface area contributed by atoms with Gasteiger partial charge in [0.05, 0.1) is 5.56 Å². The van der Waals surface area contributed by atoms with Crippen molar-refractivity contribution in [3.05, 3.63) is 65.3 Å². The molecule has 1 saturated heterocycles. The molecule has 0 bridgehead atoms. The molecule has 10 heteroatoms. The van der Waals surface area contributed by atoms with E-state index in [4.69, 9.17) is 4.52 Å². The number of nitrogens with zero attached hydrogens (tertiary/aromatic N) is 4. The maximum Gasteiger partial charge on any atom is 0.416 e. The molecule has 0 amide bonds. The first-order valence-corrected chi connectivity index (χ1v) is 10.4. The lowest BCUT2D eigenvalue weighted by Gasteiger charge is -2.55. The first-order valence-electron chi connectivity index (χ1n) is 10.4. The fourth-order valence-electron chi connectivity index (χ4n) is 4.49. The number of aliphatic hydroxyl groups is 2. The molecule has 1 atom stereocenters. The molecule has 0 spiro atoms. The summed E-state index contributed by atoms with van der Waals surface area (Å²) in [5.41, 5.74) is -3.27. The minimum absolute atomic E-state index is 0.0217. The zero-order valence-corrected chi connectivity index (χ0v) is 18.7. The van der Waals surface area contributed by atoms with Crippen LogP contribution in [0.15, 0.2) is 47.2 Å². The summed E-state index contributed by atoms with van der Waals surface area (Å²) in [7, 11) is 1.90. The first-order chi connectivity index (χ1) is 15.2. The van der Waals surface area contributed by atoms with Gasteiger partial charge in [-0.15, -0.1) is 0 Å². The van der Waals surface area contributed by atoms with Crippen LogP contribution in [0.3, 0.4) is 0 Å². The van der Waals surface area contributed by atoms with Crippen molar-refractivity contribution in [3.63, 3.8) is 0 Å². The lowest BCUT2D eigenvalue weighted by Crippen LogP contribution is -2.63. The molecule has 1 fully saturated rings. The van der Waals surface area contributed by atoms with Gasteiger partial charge in [-0.05, 0) is 44.7 Å². The van der Waals surface area contributed by atoms with Crippen LogP contribution in [-0.4, -0.2) is 50.4 Å². The molecule has 2 N–H and O–H groups in total. The largest absolute Gasteiger partial charge is 0.416 e. The number of likely N-dealkylation sites (tertiary alicyclic amines) is 1. The molecule has 2 aromatic heterocycles. The molecular formula is C23H25F3N4O3. The Bertz CT molecular complexity index is 1150. The van der Waals surface area contributed by atoms with E-state index in [2.05, 4.69) is 15.1 Å². The van der Waals surface area contributed by atoms with Crippen LogP contribution < -0.4 is 0 Å². The molecule has 3 aromatic rings. The number of hydrogen-bond acceptors (Lipinski definition) is 7. The second-order valence-electron chi connectivity index (χ2n) is 9.46. The third-order valence-corrected chi connectivity index (χ3v) is 6.10. The van der Waals surface area contributed by atoms with Crippen molar-refractivity contribution >= 4 is 0 Å². The van der Waals surface area contributed by atoms with Gasteiger partial charge in [0.2, 0.25) is 5.82 Å². The Kier molecular flexibility index (Phi) is 5.38. The fourth-order valence-corrected chi connectivity index (χ4v) is 4.49. The van der Waals surface area contributed by atoms with E-state index in [9.17, 15) is 23.4 Å². The van der Waals surface area contributed by atoms with Crippen molar-refractivity contribution in [1.82, 2.24) is 20.0 Å². The maximum absolute atomic E-state index is 13.1. The molecule has 3 heterocycles. The van der Waals surface area contributed by atoms with Gasteiger partial charge < -0.3 is 19.6 Å². The number of benzene rings is 1. The summed E-state index contributed by atoms with van der Waals surface area (Å²) in [5, 5.41) is 26.1. The fraction of sp³-hybridized carbons (Fsp3) is 0.435. The number of rotatable bonds is 5. The monoisotopic (exact) mass is 462 g/mol. The average molecular weight is 462 g/mol. The number of pyridine rings is 1. The van der Waals surface area contributed by atoms with E-state index in [0.717, 1.165) is 12.1 Å². The highest BCUT2D eigenvalue weighted by atomic mass is 19.4. The van der Waals surface area contributed by atoms with Crippen LogP contribution in [-0.2, 0) is 17.4 Å². The third-order valence-electron chi connectivity index (χ3n) is 6.10. The van der Waals surface area contributed by atoms with Gasteiger partial charge in [-0.1, -0.05) is 24.2 Å². The van der Waals surface area contributed by atoms with Crippen LogP contribution in [0.2, 0.25) is 0 Å². The van der Waals surface area contributed by atoms with Crippen molar-refractivity contribution in [3.8, 4) is 11.4 Å². The normalized spacial score (nSPS) is 18.6. The molecule has 176 valence electrons. The van der Waals surface area contributed by atoms with Gasteiger partial charge in [0, 0.05) is 42.0 Å². The van der Waals surface area contributed by atoms with Crippen LogP contribution in [0.5, 0.6) is 0 Å². The molecule has 4 rings (SSSR count). The molecule has 1 aliphatic heterocycles. The van der Waals surface area contributed by atoms with Crippen molar-refractivity contribution in [2.45, 2.75) is 38.1 Å². The summed E-state index contributed by atoms with van der Waals surface area (Å²) in [6, 6.07) is 6.20. The number of halogens is 3. The topological polar surface area (TPSA) is 95.5 Å². The number of alkyl halides is 3. The quantitative estimate of drug-likeness (QED) is 0.599. The van der Waals surface area contributed by atoms with E-state index in [-0.39, 0.29) is 11.7 Å². The zero-order valence-electron chi connectivity index (χ0n) is 18.7.